The molecule has 0 aliphatic heterocycles. The molecule has 3 aliphatic rings. The van der Waals surface area contributed by atoms with Gasteiger partial charge in [0.1, 0.15) is 0 Å². The summed E-state index contributed by atoms with van der Waals surface area (Å²) in [4.78, 5) is 0. The summed E-state index contributed by atoms with van der Waals surface area (Å²) < 4.78 is 0. The Kier molecular flexibility index (Phi) is 1.98. The molecule has 0 heterocycles. The smallest absolute Gasteiger partial charge is 0.0656 e. The van der Waals surface area contributed by atoms with Gasteiger partial charge in [-0.1, -0.05) is 26.0 Å². The lowest BCUT2D eigenvalue weighted by Gasteiger charge is -2.31. The van der Waals surface area contributed by atoms with Gasteiger partial charge < -0.3 is 5.11 Å². The average Bonchev–Trinajstić information content (AvgIpc) is 2.61. The SMILES string of the molecule is C=C1CC[C@H]2[C@@H]([C@H]3[C@H]1CC[C@@]3(C)O)C2(C)C. The largest absolute Gasteiger partial charge is 0.390 e. The molecule has 1 nitrogen and oxygen atoms in total. The van der Waals surface area contributed by atoms with Crippen LogP contribution in [0.4, 0.5) is 0 Å². The van der Waals surface area contributed by atoms with Crippen LogP contribution in [0.5, 0.6) is 0 Å². The summed E-state index contributed by atoms with van der Waals surface area (Å²) in [5.74, 6) is 2.67. The fraction of sp³-hybridized carbons (Fsp3) is 0.867. The first-order valence-corrected chi connectivity index (χ1v) is 6.76. The Hall–Kier alpha value is -0.300. The monoisotopic (exact) mass is 220 g/mol. The summed E-state index contributed by atoms with van der Waals surface area (Å²) in [6.45, 7) is 11.1. The van der Waals surface area contributed by atoms with E-state index in [0.717, 1.165) is 24.7 Å². The maximum Gasteiger partial charge on any atom is 0.0656 e. The van der Waals surface area contributed by atoms with E-state index in [2.05, 4.69) is 27.4 Å². The Balaban J connectivity index is 1.98. The van der Waals surface area contributed by atoms with E-state index in [9.17, 15) is 5.11 Å². The number of hydrogen-bond acceptors (Lipinski definition) is 1. The van der Waals surface area contributed by atoms with Gasteiger partial charge in [0.05, 0.1) is 5.60 Å². The maximum absolute atomic E-state index is 10.6. The normalized spacial score (nSPS) is 54.1. The van der Waals surface area contributed by atoms with Crippen molar-refractivity contribution < 1.29 is 5.11 Å². The maximum atomic E-state index is 10.6. The van der Waals surface area contributed by atoms with E-state index in [1.165, 1.54) is 18.4 Å². The van der Waals surface area contributed by atoms with Crippen LogP contribution >= 0.6 is 0 Å². The van der Waals surface area contributed by atoms with Crippen LogP contribution in [0.3, 0.4) is 0 Å². The molecule has 3 saturated carbocycles. The second-order valence-electron chi connectivity index (χ2n) is 7.18. The first-order valence-electron chi connectivity index (χ1n) is 6.76. The fourth-order valence-electron chi connectivity index (χ4n) is 4.90. The summed E-state index contributed by atoms with van der Waals surface area (Å²) in [7, 11) is 0. The minimum absolute atomic E-state index is 0.436. The molecule has 0 saturated heterocycles. The van der Waals surface area contributed by atoms with E-state index in [4.69, 9.17) is 0 Å². The number of rotatable bonds is 0. The zero-order valence-corrected chi connectivity index (χ0v) is 10.8. The van der Waals surface area contributed by atoms with Crippen molar-refractivity contribution >= 4 is 0 Å². The van der Waals surface area contributed by atoms with Crippen molar-refractivity contribution in [2.75, 3.05) is 0 Å². The Labute approximate surface area is 98.9 Å². The lowest BCUT2D eigenvalue weighted by Crippen LogP contribution is -2.34. The van der Waals surface area contributed by atoms with Gasteiger partial charge in [0.15, 0.2) is 0 Å². The third-order valence-corrected chi connectivity index (χ3v) is 5.94. The van der Waals surface area contributed by atoms with Gasteiger partial charge in [0, 0.05) is 0 Å². The highest BCUT2D eigenvalue weighted by molar-refractivity contribution is 5.22. The molecule has 0 unspecified atom stereocenters. The Morgan fingerprint density at radius 3 is 2.56 bits per heavy atom. The van der Waals surface area contributed by atoms with Crippen LogP contribution in [-0.4, -0.2) is 10.7 Å². The molecule has 90 valence electrons. The summed E-state index contributed by atoms with van der Waals surface area (Å²) >= 11 is 0. The fourth-order valence-corrected chi connectivity index (χ4v) is 4.90. The van der Waals surface area contributed by atoms with Gasteiger partial charge in [-0.25, -0.2) is 0 Å². The van der Waals surface area contributed by atoms with E-state index in [0.29, 0.717) is 17.3 Å². The van der Waals surface area contributed by atoms with E-state index in [1.54, 1.807) is 0 Å². The first kappa shape index (κ1) is 10.8. The van der Waals surface area contributed by atoms with Crippen LogP contribution in [0, 0.1) is 29.1 Å². The van der Waals surface area contributed by atoms with Crippen LogP contribution in [0.1, 0.15) is 46.5 Å². The molecule has 0 aromatic carbocycles. The topological polar surface area (TPSA) is 20.2 Å². The number of allylic oxidation sites excluding steroid dienone is 1. The van der Waals surface area contributed by atoms with Gasteiger partial charge in [-0.15, -0.1) is 0 Å². The van der Waals surface area contributed by atoms with E-state index in [1.807, 2.05) is 0 Å². The molecule has 0 bridgehead atoms. The van der Waals surface area contributed by atoms with E-state index >= 15 is 0 Å². The Morgan fingerprint density at radius 1 is 1.19 bits per heavy atom. The molecule has 0 spiro atoms. The first-order chi connectivity index (χ1) is 7.36. The predicted molar refractivity (Wildman–Crippen MR) is 66.0 cm³/mol. The molecule has 5 atom stereocenters. The van der Waals surface area contributed by atoms with Gasteiger partial charge in [0.25, 0.3) is 0 Å². The second-order valence-corrected chi connectivity index (χ2v) is 7.18. The van der Waals surface area contributed by atoms with Gasteiger partial charge in [0.2, 0.25) is 0 Å². The molecule has 0 aromatic heterocycles. The minimum atomic E-state index is -0.436. The molecule has 3 aliphatic carbocycles. The average molecular weight is 220 g/mol. The van der Waals surface area contributed by atoms with Crippen LogP contribution in [0.2, 0.25) is 0 Å². The van der Waals surface area contributed by atoms with Crippen molar-refractivity contribution in [1.82, 2.24) is 0 Å². The van der Waals surface area contributed by atoms with Crippen LogP contribution < -0.4 is 0 Å². The number of aliphatic hydroxyl groups is 1. The van der Waals surface area contributed by atoms with Crippen molar-refractivity contribution in [1.29, 1.82) is 0 Å². The third-order valence-electron chi connectivity index (χ3n) is 5.94. The van der Waals surface area contributed by atoms with Crippen LogP contribution in [-0.2, 0) is 0 Å². The van der Waals surface area contributed by atoms with Gasteiger partial charge >= 0.3 is 0 Å². The molecule has 0 amide bonds. The summed E-state index contributed by atoms with van der Waals surface area (Å²) in [5.41, 5.74) is 1.46. The highest BCUT2D eigenvalue weighted by Gasteiger charge is 2.67. The molecule has 0 radical (unpaired) electrons. The van der Waals surface area contributed by atoms with E-state index in [-0.39, 0.29) is 0 Å². The lowest BCUT2D eigenvalue weighted by molar-refractivity contribution is -0.00137. The highest BCUT2D eigenvalue weighted by atomic mass is 16.3. The van der Waals surface area contributed by atoms with Gasteiger partial charge in [-0.3, -0.25) is 0 Å². The standard InChI is InChI=1S/C15H24O/c1-9-5-6-11-13(14(11,2)3)12-10(9)7-8-15(12,4)16/h10-13,16H,1,5-8H2,2-4H3/t10-,11-,12+,13-,15+/m0/s1. The molecule has 3 rings (SSSR count). The van der Waals surface area contributed by atoms with E-state index < -0.39 is 5.60 Å². The lowest BCUT2D eigenvalue weighted by atomic mass is 9.78. The quantitative estimate of drug-likeness (QED) is 0.620. The highest BCUT2D eigenvalue weighted by Crippen LogP contribution is 2.71. The second kappa shape index (κ2) is 2.93. The van der Waals surface area contributed by atoms with Crippen molar-refractivity contribution in [3.05, 3.63) is 12.2 Å². The van der Waals surface area contributed by atoms with Crippen LogP contribution in [0.25, 0.3) is 0 Å². The number of hydrogen-bond donors (Lipinski definition) is 1. The molecular weight excluding hydrogens is 196 g/mol. The predicted octanol–water partition coefficient (Wildman–Crippen LogP) is 3.39. The third kappa shape index (κ3) is 1.21. The number of fused-ring (bicyclic) bond motifs is 3. The van der Waals surface area contributed by atoms with Gasteiger partial charge in [-0.05, 0) is 61.7 Å². The zero-order valence-electron chi connectivity index (χ0n) is 10.8. The van der Waals surface area contributed by atoms with Gasteiger partial charge in [-0.2, -0.15) is 0 Å². The Morgan fingerprint density at radius 2 is 1.88 bits per heavy atom. The zero-order chi connectivity index (χ0) is 11.7. The molecular formula is C15H24O. The molecule has 3 fully saturated rings. The van der Waals surface area contributed by atoms with Crippen molar-refractivity contribution in [3.63, 3.8) is 0 Å². The molecule has 1 N–H and O–H groups in total. The van der Waals surface area contributed by atoms with Crippen molar-refractivity contribution in [3.8, 4) is 0 Å². The molecule has 0 aromatic rings. The summed E-state index contributed by atoms with van der Waals surface area (Å²) in [6, 6.07) is 0. The van der Waals surface area contributed by atoms with Crippen molar-refractivity contribution in [2.24, 2.45) is 29.1 Å². The summed E-state index contributed by atoms with van der Waals surface area (Å²) in [6.07, 6.45) is 4.64. The van der Waals surface area contributed by atoms with Crippen LogP contribution in [0.15, 0.2) is 12.2 Å². The van der Waals surface area contributed by atoms with Crippen molar-refractivity contribution in [2.45, 2.75) is 52.1 Å². The summed E-state index contributed by atoms with van der Waals surface area (Å²) in [5, 5.41) is 10.6. The molecule has 16 heavy (non-hydrogen) atoms. The Bertz CT molecular complexity index is 339. The molecule has 1 heteroatoms. The minimum Gasteiger partial charge on any atom is -0.390 e.